The maximum absolute atomic E-state index is 10.7. The Labute approximate surface area is 98.0 Å². The van der Waals surface area contributed by atoms with Gasteiger partial charge in [-0.2, -0.15) is 5.26 Å². The van der Waals surface area contributed by atoms with Gasteiger partial charge in [0.2, 0.25) is 0 Å². The molecular weight excluding hydrogens is 230 g/mol. The number of carboxylic acid groups (broad SMARTS) is 1. The lowest BCUT2D eigenvalue weighted by Gasteiger charge is -2.11. The van der Waals surface area contributed by atoms with Gasteiger partial charge >= 0.3 is 5.97 Å². The molecule has 0 aliphatic rings. The van der Waals surface area contributed by atoms with E-state index in [0.29, 0.717) is 22.4 Å². The van der Waals surface area contributed by atoms with Crippen molar-refractivity contribution in [1.82, 2.24) is 0 Å². The second-order valence-corrected chi connectivity index (χ2v) is 3.40. The zero-order chi connectivity index (χ0) is 12.1. The van der Waals surface area contributed by atoms with Crippen molar-refractivity contribution in [1.29, 1.82) is 5.26 Å². The number of carboxylic acids is 1. The fraction of sp³-hybridized carbons (Fsp3) is 0.273. The van der Waals surface area contributed by atoms with Crippen molar-refractivity contribution < 1.29 is 14.6 Å². The molecule has 0 aliphatic carbocycles. The number of ether oxygens (including phenoxy) is 1. The molecule has 0 saturated carbocycles. The molecule has 0 atom stereocenters. The minimum Gasteiger partial charge on any atom is -0.496 e. The lowest BCUT2D eigenvalue weighted by atomic mass is 10.0. The number of rotatable bonds is 4. The summed E-state index contributed by atoms with van der Waals surface area (Å²) in [6.07, 6.45) is -0.170. The molecule has 1 aromatic carbocycles. The Hall–Kier alpha value is -1.73. The molecule has 0 aromatic heterocycles. The molecule has 84 valence electrons. The standard InChI is InChI=1S/C11H10ClNO3/c1-16-10-3-7(6-13)2-8(5-12)9(10)4-11(14)15/h2-3H,4-5H2,1H3,(H,14,15). The van der Waals surface area contributed by atoms with Gasteiger partial charge in [0.05, 0.1) is 25.2 Å². The molecule has 0 spiro atoms. The summed E-state index contributed by atoms with van der Waals surface area (Å²) in [6, 6.07) is 5.06. The molecule has 0 radical (unpaired) electrons. The predicted molar refractivity (Wildman–Crippen MR) is 58.6 cm³/mol. The highest BCUT2D eigenvalue weighted by Gasteiger charge is 2.14. The third kappa shape index (κ3) is 2.65. The molecule has 1 N–H and O–H groups in total. The molecule has 0 saturated heterocycles. The Morgan fingerprint density at radius 1 is 1.62 bits per heavy atom. The molecule has 0 unspecified atom stereocenters. The summed E-state index contributed by atoms with van der Waals surface area (Å²) < 4.78 is 5.06. The van der Waals surface area contributed by atoms with Gasteiger partial charge < -0.3 is 9.84 Å². The fourth-order valence-electron chi connectivity index (χ4n) is 1.42. The van der Waals surface area contributed by atoms with Gasteiger partial charge in [0.25, 0.3) is 0 Å². The van der Waals surface area contributed by atoms with E-state index in [0.717, 1.165) is 0 Å². The highest BCUT2D eigenvalue weighted by atomic mass is 35.5. The van der Waals surface area contributed by atoms with E-state index >= 15 is 0 Å². The first-order valence-electron chi connectivity index (χ1n) is 4.50. The van der Waals surface area contributed by atoms with Crippen LogP contribution in [0.15, 0.2) is 12.1 Å². The number of halogens is 1. The number of aliphatic carboxylic acids is 1. The number of hydrogen-bond acceptors (Lipinski definition) is 3. The molecule has 5 heteroatoms. The average molecular weight is 240 g/mol. The van der Waals surface area contributed by atoms with Crippen LogP contribution in [0, 0.1) is 11.3 Å². The molecule has 16 heavy (non-hydrogen) atoms. The molecule has 0 amide bonds. The molecule has 0 aliphatic heterocycles. The second kappa shape index (κ2) is 5.38. The van der Waals surface area contributed by atoms with Gasteiger partial charge in [0.15, 0.2) is 0 Å². The van der Waals surface area contributed by atoms with Crippen molar-refractivity contribution in [3.63, 3.8) is 0 Å². The van der Waals surface area contributed by atoms with Gasteiger partial charge in [-0.05, 0) is 17.7 Å². The van der Waals surface area contributed by atoms with Crippen molar-refractivity contribution in [3.8, 4) is 11.8 Å². The van der Waals surface area contributed by atoms with E-state index < -0.39 is 5.97 Å². The highest BCUT2D eigenvalue weighted by molar-refractivity contribution is 6.17. The second-order valence-electron chi connectivity index (χ2n) is 3.13. The minimum atomic E-state index is -0.964. The van der Waals surface area contributed by atoms with Crippen LogP contribution in [0.3, 0.4) is 0 Å². The van der Waals surface area contributed by atoms with Crippen molar-refractivity contribution >= 4 is 17.6 Å². The topological polar surface area (TPSA) is 70.3 Å². The Morgan fingerprint density at radius 2 is 2.31 bits per heavy atom. The summed E-state index contributed by atoms with van der Waals surface area (Å²) in [5.74, 6) is -0.430. The number of carbonyl (C=O) groups is 1. The first kappa shape index (κ1) is 12.3. The zero-order valence-corrected chi connectivity index (χ0v) is 9.41. The number of benzene rings is 1. The first-order chi connectivity index (χ1) is 7.62. The summed E-state index contributed by atoms with van der Waals surface area (Å²) in [5, 5.41) is 17.6. The number of hydrogen-bond donors (Lipinski definition) is 1. The molecule has 0 fully saturated rings. The summed E-state index contributed by atoms with van der Waals surface area (Å²) in [4.78, 5) is 10.7. The van der Waals surface area contributed by atoms with Crippen LogP contribution in [-0.4, -0.2) is 18.2 Å². The molecule has 0 heterocycles. The van der Waals surface area contributed by atoms with Gasteiger partial charge in [-0.15, -0.1) is 11.6 Å². The quantitative estimate of drug-likeness (QED) is 0.815. The smallest absolute Gasteiger partial charge is 0.307 e. The highest BCUT2D eigenvalue weighted by Crippen LogP contribution is 2.26. The lowest BCUT2D eigenvalue weighted by molar-refractivity contribution is -0.136. The van der Waals surface area contributed by atoms with Crippen molar-refractivity contribution in [2.75, 3.05) is 7.11 Å². The van der Waals surface area contributed by atoms with Crippen LogP contribution in [0.1, 0.15) is 16.7 Å². The van der Waals surface area contributed by atoms with E-state index in [4.69, 9.17) is 26.7 Å². The van der Waals surface area contributed by atoms with E-state index in [1.807, 2.05) is 6.07 Å². The number of methoxy groups -OCH3 is 1. The van der Waals surface area contributed by atoms with E-state index in [1.54, 1.807) is 6.07 Å². The van der Waals surface area contributed by atoms with Crippen molar-refractivity contribution in [2.24, 2.45) is 0 Å². The Kier molecular flexibility index (Phi) is 4.15. The van der Waals surface area contributed by atoms with Crippen LogP contribution in [-0.2, 0) is 17.1 Å². The summed E-state index contributed by atoms with van der Waals surface area (Å²) in [6.45, 7) is 0. The Bertz CT molecular complexity index is 426. The van der Waals surface area contributed by atoms with E-state index in [9.17, 15) is 4.79 Å². The maximum atomic E-state index is 10.7. The zero-order valence-electron chi connectivity index (χ0n) is 8.66. The number of alkyl halides is 1. The normalized spacial score (nSPS) is 9.56. The SMILES string of the molecule is COc1cc(C#N)cc(CCl)c1CC(=O)O. The van der Waals surface area contributed by atoms with Gasteiger partial charge in [0, 0.05) is 11.4 Å². The third-order valence-electron chi connectivity index (χ3n) is 2.12. The summed E-state index contributed by atoms with van der Waals surface area (Å²) in [5.41, 5.74) is 1.53. The van der Waals surface area contributed by atoms with Crippen LogP contribution in [0.4, 0.5) is 0 Å². The van der Waals surface area contributed by atoms with Gasteiger partial charge in [0.1, 0.15) is 5.75 Å². The van der Waals surface area contributed by atoms with Crippen molar-refractivity contribution in [2.45, 2.75) is 12.3 Å². The number of nitrogens with zero attached hydrogens (tertiary/aromatic N) is 1. The van der Waals surface area contributed by atoms with Crippen LogP contribution < -0.4 is 4.74 Å². The third-order valence-corrected chi connectivity index (χ3v) is 2.41. The molecule has 1 aromatic rings. The fourth-order valence-corrected chi connectivity index (χ4v) is 1.66. The monoisotopic (exact) mass is 239 g/mol. The van der Waals surface area contributed by atoms with Crippen LogP contribution in [0.2, 0.25) is 0 Å². The number of nitriles is 1. The van der Waals surface area contributed by atoms with Crippen LogP contribution in [0.25, 0.3) is 0 Å². The summed E-state index contributed by atoms with van der Waals surface area (Å²) >= 11 is 5.72. The van der Waals surface area contributed by atoms with Crippen molar-refractivity contribution in [3.05, 3.63) is 28.8 Å². The molecule has 1 rings (SSSR count). The molecular formula is C11H10ClNO3. The van der Waals surface area contributed by atoms with Crippen LogP contribution >= 0.6 is 11.6 Å². The van der Waals surface area contributed by atoms with Gasteiger partial charge in [-0.1, -0.05) is 0 Å². The average Bonchev–Trinajstić information content (AvgIpc) is 2.28. The Morgan fingerprint density at radius 3 is 2.75 bits per heavy atom. The van der Waals surface area contributed by atoms with E-state index in [-0.39, 0.29) is 12.3 Å². The lowest BCUT2D eigenvalue weighted by Crippen LogP contribution is -2.06. The largest absolute Gasteiger partial charge is 0.496 e. The maximum Gasteiger partial charge on any atom is 0.307 e. The van der Waals surface area contributed by atoms with Gasteiger partial charge in [-0.3, -0.25) is 4.79 Å². The van der Waals surface area contributed by atoms with Gasteiger partial charge in [-0.25, -0.2) is 0 Å². The van der Waals surface area contributed by atoms with E-state index in [2.05, 4.69) is 0 Å². The van der Waals surface area contributed by atoms with E-state index in [1.165, 1.54) is 13.2 Å². The molecule has 4 nitrogen and oxygen atoms in total. The van der Waals surface area contributed by atoms with Crippen LogP contribution in [0.5, 0.6) is 5.75 Å². The summed E-state index contributed by atoms with van der Waals surface area (Å²) in [7, 11) is 1.43. The first-order valence-corrected chi connectivity index (χ1v) is 5.03. The minimum absolute atomic E-state index is 0.147. The Balaban J connectivity index is 3.32. The molecule has 0 bridgehead atoms. The predicted octanol–water partition coefficient (Wildman–Crippen LogP) is 1.93.